The van der Waals surface area contributed by atoms with Gasteiger partial charge in [-0.15, -0.1) is 11.6 Å². The molecule has 9 heteroatoms. The summed E-state index contributed by atoms with van der Waals surface area (Å²) < 4.78 is 41.3. The third-order valence-corrected chi connectivity index (χ3v) is 6.56. The van der Waals surface area contributed by atoms with Gasteiger partial charge in [-0.3, -0.25) is 4.79 Å². The number of allylic oxidation sites excluding steroid dienone is 5. The molecular weight excluding hydrogens is 620 g/mol. The number of imidazole rings is 1. The maximum Gasteiger partial charge on any atom is 0.415 e. The smallest absolute Gasteiger partial charge is 0.400 e. The van der Waals surface area contributed by atoms with Gasteiger partial charge in [0.2, 0.25) is 0 Å². The first-order valence-electron chi connectivity index (χ1n) is 13.8. The Morgan fingerprint density at radius 2 is 1.53 bits per heavy atom. The molecule has 1 aromatic heterocycles. The standard InChI is InChI=1S/C34H28ClF3N2O.CH3Cl.CH4O/c1-3-4-5-30(20-24(2)34(36,37)38)28-13-10-25(11-14-28)12-19-33-39-32(29-15-17-31(35)18-16-29)22-40(33)21-26-6-8-27(23-41)9-7-26;2*1-2/h4-20,22-23H,2-3,21H2,1H3;1H3;2H,1H3/b5-4-,19-12+,30-20+;;. The summed E-state index contributed by atoms with van der Waals surface area (Å²) in [5.41, 5.74) is 4.37. The number of halogens is 5. The van der Waals surface area contributed by atoms with Crippen LogP contribution in [0.3, 0.4) is 0 Å². The van der Waals surface area contributed by atoms with Crippen LogP contribution in [0.25, 0.3) is 29.0 Å². The predicted molar refractivity (Wildman–Crippen MR) is 181 cm³/mol. The minimum absolute atomic E-state index is 0.438. The lowest BCUT2D eigenvalue weighted by Crippen LogP contribution is -2.08. The van der Waals surface area contributed by atoms with Gasteiger partial charge in [-0.25, -0.2) is 4.98 Å². The lowest BCUT2D eigenvalue weighted by molar-refractivity contribution is -0.0877. The number of hydrogen-bond donors (Lipinski definition) is 1. The highest BCUT2D eigenvalue weighted by molar-refractivity contribution is 6.30. The van der Waals surface area contributed by atoms with Crippen molar-refractivity contribution in [2.24, 2.45) is 0 Å². The average Bonchev–Trinajstić information content (AvgIpc) is 3.46. The third kappa shape index (κ3) is 11.4. The van der Waals surface area contributed by atoms with E-state index in [1.165, 1.54) is 6.38 Å². The molecule has 3 aromatic carbocycles. The van der Waals surface area contributed by atoms with Crippen LogP contribution >= 0.6 is 23.2 Å². The van der Waals surface area contributed by atoms with E-state index in [1.54, 1.807) is 30.3 Å². The molecule has 0 aliphatic rings. The summed E-state index contributed by atoms with van der Waals surface area (Å²) in [5.74, 6) is 0.714. The van der Waals surface area contributed by atoms with Crippen LogP contribution in [0.2, 0.25) is 5.02 Å². The Labute approximate surface area is 272 Å². The molecule has 0 fully saturated rings. The summed E-state index contributed by atoms with van der Waals surface area (Å²) in [6.07, 6.45) is 8.81. The van der Waals surface area contributed by atoms with Crippen LogP contribution in [0.5, 0.6) is 0 Å². The second-order valence-corrected chi connectivity index (χ2v) is 9.80. The summed E-state index contributed by atoms with van der Waals surface area (Å²) in [4.78, 5) is 15.9. The number of carbonyl (C=O) groups is 1. The van der Waals surface area contributed by atoms with Gasteiger partial charge in [0, 0.05) is 48.0 Å². The summed E-state index contributed by atoms with van der Waals surface area (Å²) in [5, 5.41) is 7.64. The number of aldehydes is 1. The normalized spacial score (nSPS) is 11.5. The van der Waals surface area contributed by atoms with Crippen molar-refractivity contribution < 1.29 is 23.1 Å². The molecule has 0 aliphatic heterocycles. The van der Waals surface area contributed by atoms with Crippen molar-refractivity contribution in [2.75, 3.05) is 13.5 Å². The highest BCUT2D eigenvalue weighted by Crippen LogP contribution is 2.29. The molecule has 0 spiro atoms. The summed E-state index contributed by atoms with van der Waals surface area (Å²) in [6, 6.07) is 22.1. The van der Waals surface area contributed by atoms with E-state index >= 15 is 0 Å². The van der Waals surface area contributed by atoms with Crippen molar-refractivity contribution in [3.8, 4) is 11.3 Å². The summed E-state index contributed by atoms with van der Waals surface area (Å²) in [7, 11) is 1.00. The molecule has 0 saturated carbocycles. The van der Waals surface area contributed by atoms with Crippen molar-refractivity contribution in [3.63, 3.8) is 0 Å². The SMILES string of the molecule is C=C(/C=C(\C=C/CC)c1ccc(/C=C/c2nc(-c3ccc(Cl)cc3)cn2Cc2ccc(C=O)cc2)cc1)C(F)(F)F.CCl.CO. The van der Waals surface area contributed by atoms with E-state index in [1.807, 2.05) is 84.4 Å². The summed E-state index contributed by atoms with van der Waals surface area (Å²) >= 11 is 10.7. The molecule has 1 heterocycles. The van der Waals surface area contributed by atoms with Crippen molar-refractivity contribution in [1.82, 2.24) is 9.55 Å². The molecule has 4 aromatic rings. The monoisotopic (exact) mass is 654 g/mol. The summed E-state index contributed by atoms with van der Waals surface area (Å²) in [6.45, 7) is 5.64. The van der Waals surface area contributed by atoms with E-state index in [2.05, 4.69) is 18.2 Å². The average molecular weight is 656 g/mol. The lowest BCUT2D eigenvalue weighted by Gasteiger charge is -2.09. The second kappa shape index (κ2) is 18.6. The molecule has 45 heavy (non-hydrogen) atoms. The highest BCUT2D eigenvalue weighted by Gasteiger charge is 2.30. The van der Waals surface area contributed by atoms with Crippen molar-refractivity contribution in [1.29, 1.82) is 0 Å². The zero-order valence-corrected chi connectivity index (χ0v) is 26.7. The predicted octanol–water partition coefficient (Wildman–Crippen LogP) is 10.2. The maximum absolute atomic E-state index is 13.1. The van der Waals surface area contributed by atoms with Crippen LogP contribution in [0.1, 0.15) is 46.2 Å². The number of alkyl halides is 4. The van der Waals surface area contributed by atoms with Gasteiger partial charge < -0.3 is 9.67 Å². The molecule has 0 bridgehead atoms. The zero-order valence-electron chi connectivity index (χ0n) is 25.2. The molecule has 0 saturated heterocycles. The van der Waals surface area contributed by atoms with E-state index in [9.17, 15) is 18.0 Å². The number of benzene rings is 3. The number of carbonyl (C=O) groups excluding carboxylic acids is 1. The van der Waals surface area contributed by atoms with E-state index in [0.717, 1.165) is 41.9 Å². The van der Waals surface area contributed by atoms with Crippen LogP contribution in [0.15, 0.2) is 109 Å². The van der Waals surface area contributed by atoms with E-state index in [4.69, 9.17) is 21.7 Å². The Bertz CT molecular complexity index is 1600. The topological polar surface area (TPSA) is 55.1 Å². The minimum atomic E-state index is -4.49. The molecule has 0 radical (unpaired) electrons. The number of aliphatic hydroxyl groups is 1. The Balaban J connectivity index is 0.00000169. The van der Waals surface area contributed by atoms with Crippen LogP contribution in [0.4, 0.5) is 13.2 Å². The molecule has 236 valence electrons. The number of aliphatic hydroxyl groups excluding tert-OH is 1. The minimum Gasteiger partial charge on any atom is -0.400 e. The fourth-order valence-corrected chi connectivity index (χ4v) is 4.17. The molecule has 4 rings (SSSR count). The Morgan fingerprint density at radius 3 is 2.09 bits per heavy atom. The van der Waals surface area contributed by atoms with Crippen LogP contribution in [-0.4, -0.2) is 40.6 Å². The van der Waals surface area contributed by atoms with Crippen molar-refractivity contribution >= 4 is 47.2 Å². The van der Waals surface area contributed by atoms with Gasteiger partial charge in [-0.2, -0.15) is 13.2 Å². The van der Waals surface area contributed by atoms with Crippen molar-refractivity contribution in [3.05, 3.63) is 142 Å². The zero-order chi connectivity index (χ0) is 33.4. The molecule has 0 aliphatic carbocycles. The second-order valence-electron chi connectivity index (χ2n) is 9.37. The lowest BCUT2D eigenvalue weighted by atomic mass is 10.0. The maximum atomic E-state index is 13.1. The van der Waals surface area contributed by atoms with Crippen molar-refractivity contribution in [2.45, 2.75) is 26.1 Å². The van der Waals surface area contributed by atoms with E-state index in [0.29, 0.717) is 40.5 Å². The van der Waals surface area contributed by atoms with Crippen LogP contribution in [-0.2, 0) is 6.54 Å². The molecule has 0 unspecified atom stereocenters. The van der Waals surface area contributed by atoms with Gasteiger partial charge in [0.1, 0.15) is 12.1 Å². The van der Waals surface area contributed by atoms with Gasteiger partial charge in [-0.1, -0.05) is 104 Å². The van der Waals surface area contributed by atoms with Crippen LogP contribution in [0, 0.1) is 0 Å². The largest absolute Gasteiger partial charge is 0.415 e. The van der Waals surface area contributed by atoms with Gasteiger partial charge >= 0.3 is 6.18 Å². The number of nitrogens with zero attached hydrogens (tertiary/aromatic N) is 2. The Kier molecular flexibility index (Phi) is 15.3. The first-order valence-corrected chi connectivity index (χ1v) is 14.9. The van der Waals surface area contributed by atoms with E-state index in [-0.39, 0.29) is 0 Å². The van der Waals surface area contributed by atoms with E-state index < -0.39 is 11.7 Å². The first kappa shape index (κ1) is 37.0. The quantitative estimate of drug-likeness (QED) is 0.105. The fourth-order valence-electron chi connectivity index (χ4n) is 4.05. The van der Waals surface area contributed by atoms with Crippen LogP contribution < -0.4 is 0 Å². The van der Waals surface area contributed by atoms with Gasteiger partial charge in [0.15, 0.2) is 0 Å². The highest BCUT2D eigenvalue weighted by atomic mass is 35.5. The Morgan fingerprint density at radius 1 is 0.933 bits per heavy atom. The molecule has 0 amide bonds. The molecule has 4 nitrogen and oxygen atoms in total. The molecule has 1 N–H and O–H groups in total. The van der Waals surface area contributed by atoms with Gasteiger partial charge in [0.25, 0.3) is 0 Å². The van der Waals surface area contributed by atoms with Gasteiger partial charge in [-0.05, 0) is 53.0 Å². The van der Waals surface area contributed by atoms with Gasteiger partial charge in [0.05, 0.1) is 5.69 Å². The number of hydrogen-bond acceptors (Lipinski definition) is 3. The Hall–Kier alpha value is -4.17. The third-order valence-electron chi connectivity index (χ3n) is 6.31. The number of aromatic nitrogens is 2. The molecule has 0 atom stereocenters. The fraction of sp³-hybridized carbons (Fsp3) is 0.167. The molecular formula is C36H35Cl2F3N2O2. The first-order chi connectivity index (χ1) is 21.7. The number of rotatable bonds is 10.